The second-order valence-electron chi connectivity index (χ2n) is 5.93. The van der Waals surface area contributed by atoms with E-state index >= 15 is 0 Å². The summed E-state index contributed by atoms with van der Waals surface area (Å²) in [4.78, 5) is 24.7. The lowest BCUT2D eigenvalue weighted by molar-refractivity contribution is -0.145. The van der Waals surface area contributed by atoms with Gasteiger partial charge in [0.25, 0.3) is 0 Å². The molecule has 4 nitrogen and oxygen atoms in total. The summed E-state index contributed by atoms with van der Waals surface area (Å²) in [6.45, 7) is 0. The largest absolute Gasteiger partial charge is 0.461 e. The lowest BCUT2D eigenvalue weighted by Crippen LogP contribution is -2.40. The Hall–Kier alpha value is -1.07. The van der Waals surface area contributed by atoms with E-state index in [1.165, 1.54) is 0 Å². The topological polar surface area (TPSA) is 55.4 Å². The number of nitrogens with one attached hydrogen (secondary N) is 1. The maximum atomic E-state index is 12.6. The van der Waals surface area contributed by atoms with Crippen molar-refractivity contribution in [2.24, 2.45) is 23.7 Å². The maximum Gasteiger partial charge on any atom is 0.310 e. The van der Waals surface area contributed by atoms with Crippen molar-refractivity contribution in [2.45, 2.75) is 17.4 Å². The van der Waals surface area contributed by atoms with E-state index in [1.807, 2.05) is 12.1 Å². The number of rotatable bonds is 2. The first-order chi connectivity index (χ1) is 10.1. The van der Waals surface area contributed by atoms with E-state index in [9.17, 15) is 9.59 Å². The first-order valence-electron chi connectivity index (χ1n) is 6.98. The Labute approximate surface area is 135 Å². The number of esters is 1. The zero-order valence-corrected chi connectivity index (χ0v) is 13.3. The molecule has 2 saturated carbocycles. The summed E-state index contributed by atoms with van der Waals surface area (Å²) in [5.74, 6) is -0.665. The fourth-order valence-electron chi connectivity index (χ4n) is 4.11. The molecule has 1 aromatic carbocycles. The Morgan fingerprint density at radius 1 is 1.33 bits per heavy atom. The molecule has 0 aromatic heterocycles. The van der Waals surface area contributed by atoms with E-state index < -0.39 is 0 Å². The van der Waals surface area contributed by atoms with Crippen LogP contribution in [0.2, 0.25) is 5.02 Å². The van der Waals surface area contributed by atoms with Gasteiger partial charge < -0.3 is 10.1 Å². The van der Waals surface area contributed by atoms with Crippen LogP contribution >= 0.6 is 27.5 Å². The van der Waals surface area contributed by atoms with Crippen molar-refractivity contribution in [3.8, 4) is 0 Å². The molecule has 1 aromatic rings. The van der Waals surface area contributed by atoms with Crippen LogP contribution in [0.4, 0.5) is 5.69 Å². The number of amides is 1. The van der Waals surface area contributed by atoms with Crippen LogP contribution in [0.1, 0.15) is 6.42 Å². The number of carbonyl (C=O) groups excluding carboxylic acids is 2. The van der Waals surface area contributed by atoms with E-state index in [0.717, 1.165) is 6.42 Å². The number of alkyl halides is 1. The van der Waals surface area contributed by atoms with Crippen molar-refractivity contribution in [1.29, 1.82) is 0 Å². The highest BCUT2D eigenvalue weighted by atomic mass is 79.9. The number of ether oxygens (including phenoxy) is 1. The Kier molecular flexibility index (Phi) is 3.05. The summed E-state index contributed by atoms with van der Waals surface area (Å²) >= 11 is 9.68. The highest BCUT2D eigenvalue weighted by molar-refractivity contribution is 9.09. The van der Waals surface area contributed by atoms with Gasteiger partial charge >= 0.3 is 5.97 Å². The minimum absolute atomic E-state index is 0.0585. The third kappa shape index (κ3) is 1.87. The smallest absolute Gasteiger partial charge is 0.310 e. The lowest BCUT2D eigenvalue weighted by atomic mass is 9.79. The van der Waals surface area contributed by atoms with Gasteiger partial charge in [-0.3, -0.25) is 9.59 Å². The third-order valence-corrected chi connectivity index (χ3v) is 6.49. The number of hydrogen-bond acceptors (Lipinski definition) is 3. The number of halogens is 2. The molecule has 2 bridgehead atoms. The number of carbonyl (C=O) groups is 2. The predicted molar refractivity (Wildman–Crippen MR) is 81.3 cm³/mol. The van der Waals surface area contributed by atoms with Gasteiger partial charge in [0, 0.05) is 5.92 Å². The van der Waals surface area contributed by atoms with Crippen LogP contribution in [0.15, 0.2) is 24.3 Å². The fraction of sp³-hybridized carbons (Fsp3) is 0.467. The molecule has 3 fully saturated rings. The van der Waals surface area contributed by atoms with E-state index in [1.54, 1.807) is 12.1 Å². The first-order valence-corrected chi connectivity index (χ1v) is 8.27. The first kappa shape index (κ1) is 13.6. The summed E-state index contributed by atoms with van der Waals surface area (Å²) in [5.41, 5.74) is 0.584. The number of hydrogen-bond donors (Lipinski definition) is 1. The van der Waals surface area contributed by atoms with Gasteiger partial charge in [0.05, 0.1) is 27.4 Å². The summed E-state index contributed by atoms with van der Waals surface area (Å²) in [6.07, 6.45) is 0.814. The number of benzene rings is 1. The molecule has 1 saturated heterocycles. The molecular weight excluding hydrogens is 358 g/mol. The number of anilines is 1. The van der Waals surface area contributed by atoms with Gasteiger partial charge in [-0.25, -0.2) is 0 Å². The van der Waals surface area contributed by atoms with Crippen LogP contribution in [-0.4, -0.2) is 22.8 Å². The van der Waals surface area contributed by atoms with Crippen LogP contribution in [-0.2, 0) is 14.3 Å². The standard InChI is InChI=1S/C15H13BrClNO3/c16-12-6-5-7-11(15(20)21-13(7)12)10(6)14(19)18-9-4-2-1-3-8(9)17/h1-4,6-7,10-13H,5H2,(H,18,19)/t6-,7+,10+,11-,12+,13-/m0/s1. The Bertz CT molecular complexity index is 637. The third-order valence-electron chi connectivity index (χ3n) is 4.96. The Morgan fingerprint density at radius 2 is 2.10 bits per heavy atom. The van der Waals surface area contributed by atoms with E-state index in [-0.39, 0.29) is 46.5 Å². The molecule has 4 rings (SSSR count). The maximum absolute atomic E-state index is 12.6. The summed E-state index contributed by atoms with van der Waals surface area (Å²) < 4.78 is 5.41. The molecule has 2 aliphatic carbocycles. The van der Waals surface area contributed by atoms with Gasteiger partial charge in [-0.15, -0.1) is 0 Å². The minimum Gasteiger partial charge on any atom is -0.461 e. The molecule has 6 atom stereocenters. The second kappa shape index (κ2) is 4.71. The molecule has 6 heteroatoms. The van der Waals surface area contributed by atoms with Crippen LogP contribution < -0.4 is 5.32 Å². The van der Waals surface area contributed by atoms with E-state index in [0.29, 0.717) is 10.7 Å². The zero-order chi connectivity index (χ0) is 14.7. The molecule has 1 aliphatic heterocycles. The molecule has 1 N–H and O–H groups in total. The zero-order valence-electron chi connectivity index (χ0n) is 11.0. The molecular formula is C15H13BrClNO3. The minimum atomic E-state index is -0.332. The molecule has 0 unspecified atom stereocenters. The predicted octanol–water partition coefficient (Wildman–Crippen LogP) is 2.85. The Morgan fingerprint density at radius 3 is 2.86 bits per heavy atom. The van der Waals surface area contributed by atoms with Gasteiger partial charge in [0.1, 0.15) is 6.10 Å². The number of fused-ring (bicyclic) bond motifs is 1. The highest BCUT2D eigenvalue weighted by Gasteiger charge is 2.67. The second-order valence-corrected chi connectivity index (χ2v) is 7.39. The average Bonchev–Trinajstić information content (AvgIpc) is 3.05. The van der Waals surface area contributed by atoms with Gasteiger partial charge in [0.15, 0.2) is 0 Å². The molecule has 0 spiro atoms. The van der Waals surface area contributed by atoms with Crippen LogP contribution in [0.5, 0.6) is 0 Å². The molecule has 110 valence electrons. The van der Waals surface area contributed by atoms with Gasteiger partial charge in [-0.05, 0) is 24.5 Å². The van der Waals surface area contributed by atoms with Crippen molar-refractivity contribution in [1.82, 2.24) is 0 Å². The van der Waals surface area contributed by atoms with E-state index in [2.05, 4.69) is 21.2 Å². The van der Waals surface area contributed by atoms with Crippen LogP contribution in [0.3, 0.4) is 0 Å². The van der Waals surface area contributed by atoms with E-state index in [4.69, 9.17) is 16.3 Å². The monoisotopic (exact) mass is 369 g/mol. The highest BCUT2D eigenvalue weighted by Crippen LogP contribution is 2.60. The summed E-state index contributed by atoms with van der Waals surface area (Å²) in [7, 11) is 0. The summed E-state index contributed by atoms with van der Waals surface area (Å²) in [5, 5.41) is 3.36. The lowest BCUT2D eigenvalue weighted by Gasteiger charge is -2.27. The summed E-state index contributed by atoms with van der Waals surface area (Å²) in [6, 6.07) is 7.11. The molecule has 1 amide bonds. The average molecular weight is 371 g/mol. The van der Waals surface area contributed by atoms with Crippen molar-refractivity contribution in [2.75, 3.05) is 5.32 Å². The van der Waals surface area contributed by atoms with Crippen molar-refractivity contribution >= 4 is 45.1 Å². The van der Waals surface area contributed by atoms with Crippen molar-refractivity contribution < 1.29 is 14.3 Å². The molecule has 3 aliphatic rings. The van der Waals surface area contributed by atoms with Gasteiger partial charge in [-0.1, -0.05) is 39.7 Å². The SMILES string of the molecule is O=C(Nc1ccccc1Cl)[C@@H]1[C@@H]2C[C@H]3[C@H](OC(=O)[C@@H]31)[C@@H]2Br. The van der Waals surface area contributed by atoms with Crippen molar-refractivity contribution in [3.63, 3.8) is 0 Å². The molecule has 1 heterocycles. The normalized spacial score (nSPS) is 39.4. The van der Waals surface area contributed by atoms with Crippen molar-refractivity contribution in [3.05, 3.63) is 29.3 Å². The van der Waals surface area contributed by atoms with Crippen LogP contribution in [0.25, 0.3) is 0 Å². The van der Waals surface area contributed by atoms with Gasteiger partial charge in [0.2, 0.25) is 5.91 Å². The number of para-hydroxylation sites is 1. The quantitative estimate of drug-likeness (QED) is 0.643. The molecule has 21 heavy (non-hydrogen) atoms. The Balaban J connectivity index is 1.61. The molecule has 0 radical (unpaired) electrons. The fourth-order valence-corrected chi connectivity index (χ4v) is 5.34. The van der Waals surface area contributed by atoms with Gasteiger partial charge in [-0.2, -0.15) is 0 Å². The van der Waals surface area contributed by atoms with Crippen LogP contribution in [0, 0.1) is 23.7 Å².